The van der Waals surface area contributed by atoms with E-state index in [0.29, 0.717) is 6.10 Å². The van der Waals surface area contributed by atoms with E-state index >= 15 is 0 Å². The van der Waals surface area contributed by atoms with Gasteiger partial charge in [0, 0.05) is 5.92 Å². The zero-order valence-corrected chi connectivity index (χ0v) is 7.46. The summed E-state index contributed by atoms with van der Waals surface area (Å²) in [6, 6.07) is 0. The van der Waals surface area contributed by atoms with E-state index in [0.717, 1.165) is 19.1 Å². The Morgan fingerprint density at radius 2 is 2.18 bits per heavy atom. The molecule has 1 heterocycles. The predicted octanol–water partition coefficient (Wildman–Crippen LogP) is 1.78. The molecule has 0 aliphatic carbocycles. The van der Waals surface area contributed by atoms with Gasteiger partial charge in [-0.05, 0) is 26.7 Å². The predicted molar refractivity (Wildman–Crippen MR) is 43.4 cm³/mol. The molecule has 1 rings (SSSR count). The van der Waals surface area contributed by atoms with Gasteiger partial charge in [0.15, 0.2) is 0 Å². The van der Waals surface area contributed by atoms with Crippen molar-refractivity contribution in [2.75, 3.05) is 0 Å². The molecule has 0 aromatic rings. The average Bonchev–Trinajstić information content (AvgIpc) is 2.54. The Morgan fingerprint density at radius 1 is 1.64 bits per heavy atom. The van der Waals surface area contributed by atoms with Crippen LogP contribution in [0.15, 0.2) is 0 Å². The molecular weight excluding hydrogens is 140 g/mol. The molecule has 1 fully saturated rings. The molecule has 0 spiro atoms. The standard InChI is InChI=1S/C9H16O2/c1-7(6-10)4-5-8-9(2,3)11-8/h6-8H,4-5H2,1-3H3. The molecule has 0 saturated carbocycles. The Hall–Kier alpha value is -0.370. The molecule has 0 aromatic heterocycles. The number of epoxide rings is 1. The van der Waals surface area contributed by atoms with Gasteiger partial charge in [-0.25, -0.2) is 0 Å². The molecule has 1 saturated heterocycles. The lowest BCUT2D eigenvalue weighted by atomic mass is 10.0. The second-order valence-electron chi connectivity index (χ2n) is 3.90. The highest BCUT2D eigenvalue weighted by molar-refractivity contribution is 5.52. The van der Waals surface area contributed by atoms with E-state index in [2.05, 4.69) is 13.8 Å². The van der Waals surface area contributed by atoms with E-state index in [1.54, 1.807) is 0 Å². The fourth-order valence-electron chi connectivity index (χ4n) is 1.22. The van der Waals surface area contributed by atoms with Crippen molar-refractivity contribution < 1.29 is 9.53 Å². The summed E-state index contributed by atoms with van der Waals surface area (Å²) < 4.78 is 5.38. The molecule has 2 unspecified atom stereocenters. The van der Waals surface area contributed by atoms with Crippen LogP contribution in [0, 0.1) is 5.92 Å². The molecule has 0 N–H and O–H groups in total. The van der Waals surface area contributed by atoms with E-state index in [4.69, 9.17) is 4.74 Å². The van der Waals surface area contributed by atoms with Crippen molar-refractivity contribution in [2.45, 2.75) is 45.3 Å². The number of carbonyl (C=O) groups excluding carboxylic acids is 1. The maximum absolute atomic E-state index is 10.3. The summed E-state index contributed by atoms with van der Waals surface area (Å²) in [5.41, 5.74) is 0.0859. The van der Waals surface area contributed by atoms with E-state index in [-0.39, 0.29) is 11.5 Å². The molecule has 64 valence electrons. The molecule has 2 heteroatoms. The number of rotatable bonds is 4. The van der Waals surface area contributed by atoms with Crippen molar-refractivity contribution in [3.8, 4) is 0 Å². The second kappa shape index (κ2) is 2.94. The summed E-state index contributed by atoms with van der Waals surface area (Å²) in [4.78, 5) is 10.3. The van der Waals surface area contributed by atoms with Crippen LogP contribution >= 0.6 is 0 Å². The number of ether oxygens (including phenoxy) is 1. The molecular formula is C9H16O2. The van der Waals surface area contributed by atoms with Crippen molar-refractivity contribution >= 4 is 6.29 Å². The van der Waals surface area contributed by atoms with Gasteiger partial charge in [-0.1, -0.05) is 6.92 Å². The minimum absolute atomic E-state index is 0.0859. The lowest BCUT2D eigenvalue weighted by Gasteiger charge is -2.00. The minimum atomic E-state index is 0.0859. The van der Waals surface area contributed by atoms with Gasteiger partial charge < -0.3 is 9.53 Å². The first-order valence-electron chi connectivity index (χ1n) is 4.19. The molecule has 2 nitrogen and oxygen atoms in total. The third-order valence-corrected chi connectivity index (χ3v) is 2.28. The zero-order chi connectivity index (χ0) is 8.48. The third-order valence-electron chi connectivity index (χ3n) is 2.28. The van der Waals surface area contributed by atoms with Gasteiger partial charge >= 0.3 is 0 Å². The van der Waals surface area contributed by atoms with Gasteiger partial charge in [0.05, 0.1) is 11.7 Å². The van der Waals surface area contributed by atoms with Crippen LogP contribution in [0.2, 0.25) is 0 Å². The molecule has 1 aliphatic rings. The maximum atomic E-state index is 10.3. The first-order chi connectivity index (χ1) is 5.06. The largest absolute Gasteiger partial charge is 0.367 e. The fourth-order valence-corrected chi connectivity index (χ4v) is 1.22. The smallest absolute Gasteiger partial charge is 0.122 e. The van der Waals surface area contributed by atoms with Crippen LogP contribution in [0.4, 0.5) is 0 Å². The fraction of sp³-hybridized carbons (Fsp3) is 0.889. The van der Waals surface area contributed by atoms with E-state index in [1.165, 1.54) is 0 Å². The van der Waals surface area contributed by atoms with Crippen molar-refractivity contribution in [1.29, 1.82) is 0 Å². The van der Waals surface area contributed by atoms with E-state index in [9.17, 15) is 4.79 Å². The van der Waals surface area contributed by atoms with Crippen molar-refractivity contribution in [1.82, 2.24) is 0 Å². The normalized spacial score (nSPS) is 29.5. The molecule has 2 atom stereocenters. The molecule has 0 aromatic carbocycles. The maximum Gasteiger partial charge on any atom is 0.122 e. The van der Waals surface area contributed by atoms with Crippen molar-refractivity contribution in [2.24, 2.45) is 5.92 Å². The average molecular weight is 156 g/mol. The lowest BCUT2D eigenvalue weighted by Crippen LogP contribution is -2.05. The van der Waals surface area contributed by atoms with E-state index < -0.39 is 0 Å². The number of hydrogen-bond donors (Lipinski definition) is 0. The molecule has 0 bridgehead atoms. The van der Waals surface area contributed by atoms with Gasteiger partial charge in [0.25, 0.3) is 0 Å². The van der Waals surface area contributed by atoms with Gasteiger partial charge in [-0.3, -0.25) is 0 Å². The summed E-state index contributed by atoms with van der Waals surface area (Å²) in [5.74, 6) is 0.190. The van der Waals surface area contributed by atoms with Crippen LogP contribution in [0.1, 0.15) is 33.6 Å². The second-order valence-corrected chi connectivity index (χ2v) is 3.90. The summed E-state index contributed by atoms with van der Waals surface area (Å²) in [5, 5.41) is 0. The number of carbonyl (C=O) groups is 1. The quantitative estimate of drug-likeness (QED) is 0.458. The summed E-state index contributed by atoms with van der Waals surface area (Å²) in [6.07, 6.45) is 3.38. The van der Waals surface area contributed by atoms with Crippen LogP contribution in [0.25, 0.3) is 0 Å². The topological polar surface area (TPSA) is 29.6 Å². The zero-order valence-electron chi connectivity index (χ0n) is 7.46. The van der Waals surface area contributed by atoms with Crippen molar-refractivity contribution in [3.63, 3.8) is 0 Å². The first-order valence-corrected chi connectivity index (χ1v) is 4.19. The van der Waals surface area contributed by atoms with Crippen LogP contribution in [-0.2, 0) is 9.53 Å². The molecule has 0 radical (unpaired) electrons. The van der Waals surface area contributed by atoms with Crippen LogP contribution in [-0.4, -0.2) is 18.0 Å². The molecule has 11 heavy (non-hydrogen) atoms. The van der Waals surface area contributed by atoms with Gasteiger partial charge in [0.1, 0.15) is 6.29 Å². The Labute approximate surface area is 67.9 Å². The Balaban J connectivity index is 2.10. The third kappa shape index (κ3) is 2.29. The van der Waals surface area contributed by atoms with Crippen molar-refractivity contribution in [3.05, 3.63) is 0 Å². The Kier molecular flexibility index (Phi) is 2.33. The first kappa shape index (κ1) is 8.72. The van der Waals surface area contributed by atoms with Gasteiger partial charge in [-0.15, -0.1) is 0 Å². The summed E-state index contributed by atoms with van der Waals surface area (Å²) in [6.45, 7) is 6.12. The Bertz CT molecular complexity index is 152. The lowest BCUT2D eigenvalue weighted by molar-refractivity contribution is -0.110. The van der Waals surface area contributed by atoms with Crippen LogP contribution < -0.4 is 0 Å². The van der Waals surface area contributed by atoms with Gasteiger partial charge in [0.2, 0.25) is 0 Å². The highest BCUT2D eigenvalue weighted by atomic mass is 16.6. The highest BCUT2D eigenvalue weighted by Crippen LogP contribution is 2.38. The number of aldehydes is 1. The summed E-state index contributed by atoms with van der Waals surface area (Å²) in [7, 11) is 0. The van der Waals surface area contributed by atoms with Crippen LogP contribution in [0.5, 0.6) is 0 Å². The molecule has 0 amide bonds. The summed E-state index contributed by atoms with van der Waals surface area (Å²) >= 11 is 0. The highest BCUT2D eigenvalue weighted by Gasteiger charge is 2.46. The minimum Gasteiger partial charge on any atom is -0.367 e. The SMILES string of the molecule is CC(C=O)CCC1OC1(C)C. The van der Waals surface area contributed by atoms with E-state index in [1.807, 2.05) is 6.92 Å². The van der Waals surface area contributed by atoms with Crippen LogP contribution in [0.3, 0.4) is 0 Å². The Morgan fingerprint density at radius 3 is 2.55 bits per heavy atom. The molecule has 1 aliphatic heterocycles. The number of hydrogen-bond acceptors (Lipinski definition) is 2. The van der Waals surface area contributed by atoms with Gasteiger partial charge in [-0.2, -0.15) is 0 Å². The monoisotopic (exact) mass is 156 g/mol.